The smallest absolute Gasteiger partial charge is 0.228 e. The number of aliphatic hydroxyl groups is 1. The second-order valence-electron chi connectivity index (χ2n) is 11.1. The first kappa shape index (κ1) is 24.7. The van der Waals surface area contributed by atoms with Crippen molar-refractivity contribution in [2.75, 3.05) is 30.8 Å². The van der Waals surface area contributed by atoms with Gasteiger partial charge in [0.2, 0.25) is 11.8 Å². The number of allylic oxidation sites excluding steroid dienone is 1. The summed E-state index contributed by atoms with van der Waals surface area (Å²) in [5.74, 6) is 3.02. The molecular formula is C25H41N7O2. The first-order chi connectivity index (χ1) is 16.1. The Labute approximate surface area is 203 Å². The standard InChI is InChI=1S/C25H41N7O2/c1-15-8-17-10-18(13-25(3,33)12-17)23(15)31-24-29-21(28-20(27)9-16(2)26)11-22(30-24)34-14-19-6-5-7-32(19)4/h9,11,15,17-19,23,33H,5-8,10,12-14,26H2,1-4H3,(H3,27,28,29,30,31)/b16-9-. The van der Waals surface area contributed by atoms with Gasteiger partial charge in [0.25, 0.3) is 0 Å². The molecule has 0 radical (unpaired) electrons. The number of rotatable bonds is 7. The number of fused-ring (bicyclic) bond motifs is 2. The summed E-state index contributed by atoms with van der Waals surface area (Å²) in [7, 11) is 2.13. The second-order valence-corrected chi connectivity index (χ2v) is 11.1. The molecule has 1 saturated heterocycles. The zero-order chi connectivity index (χ0) is 24.5. The molecule has 2 heterocycles. The van der Waals surface area contributed by atoms with Gasteiger partial charge in [0.05, 0.1) is 5.60 Å². The third kappa shape index (κ3) is 6.18. The lowest BCUT2D eigenvalue weighted by Crippen LogP contribution is -2.50. The van der Waals surface area contributed by atoms with Crippen LogP contribution in [0.1, 0.15) is 59.3 Å². The molecule has 1 aromatic rings. The number of likely N-dealkylation sites (tertiary alicyclic amines) is 1. The van der Waals surface area contributed by atoms with Crippen molar-refractivity contribution in [1.29, 1.82) is 5.41 Å². The minimum Gasteiger partial charge on any atom is -0.476 e. The largest absolute Gasteiger partial charge is 0.476 e. The number of nitrogens with zero attached hydrogens (tertiary/aromatic N) is 3. The SMILES string of the molecule is C/C(N)=C/C(=N)Nc1cc(OCC2CCCN2C)nc(NC2C(C)CC3CC2CC(C)(O)C3)n1. The number of aromatic nitrogens is 2. The first-order valence-corrected chi connectivity index (χ1v) is 12.6. The van der Waals surface area contributed by atoms with Crippen molar-refractivity contribution in [2.24, 2.45) is 23.5 Å². The van der Waals surface area contributed by atoms with Crippen LogP contribution in [-0.4, -0.2) is 63.7 Å². The number of likely N-dealkylation sites (N-methyl/N-ethyl adjacent to an activating group) is 1. The van der Waals surface area contributed by atoms with Crippen LogP contribution < -0.4 is 21.1 Å². The fourth-order valence-electron chi connectivity index (χ4n) is 6.26. The molecule has 1 aromatic heterocycles. The number of ether oxygens (including phenoxy) is 1. The zero-order valence-corrected chi connectivity index (χ0v) is 21.0. The van der Waals surface area contributed by atoms with Gasteiger partial charge in [-0.1, -0.05) is 6.92 Å². The number of hydrogen-bond donors (Lipinski definition) is 5. The number of nitrogens with two attached hydrogens (primary N) is 1. The van der Waals surface area contributed by atoms with Gasteiger partial charge in [0.1, 0.15) is 18.3 Å². The highest BCUT2D eigenvalue weighted by molar-refractivity contribution is 6.01. The van der Waals surface area contributed by atoms with E-state index in [0.29, 0.717) is 53.7 Å². The molecule has 188 valence electrons. The maximum atomic E-state index is 10.8. The minimum atomic E-state index is -0.610. The Balaban J connectivity index is 1.54. The molecule has 3 fully saturated rings. The van der Waals surface area contributed by atoms with Crippen molar-refractivity contribution in [1.82, 2.24) is 14.9 Å². The van der Waals surface area contributed by atoms with Gasteiger partial charge in [-0.15, -0.1) is 0 Å². The van der Waals surface area contributed by atoms with Crippen LogP contribution in [0.2, 0.25) is 0 Å². The minimum absolute atomic E-state index is 0.156. The second kappa shape index (κ2) is 10.1. The molecule has 0 aromatic carbocycles. The molecule has 9 nitrogen and oxygen atoms in total. The van der Waals surface area contributed by atoms with Crippen molar-refractivity contribution in [3.8, 4) is 5.88 Å². The van der Waals surface area contributed by atoms with Gasteiger partial charge in [-0.2, -0.15) is 9.97 Å². The van der Waals surface area contributed by atoms with E-state index in [1.165, 1.54) is 6.42 Å². The normalized spacial score (nSPS) is 34.0. The van der Waals surface area contributed by atoms with Crippen LogP contribution in [0.25, 0.3) is 0 Å². The van der Waals surface area contributed by atoms with E-state index in [4.69, 9.17) is 15.9 Å². The molecule has 2 aliphatic carbocycles. The van der Waals surface area contributed by atoms with Crippen LogP contribution in [0.4, 0.5) is 11.8 Å². The topological polar surface area (TPSA) is 132 Å². The molecule has 1 aliphatic heterocycles. The van der Waals surface area contributed by atoms with E-state index < -0.39 is 5.60 Å². The summed E-state index contributed by atoms with van der Waals surface area (Å²) in [4.78, 5) is 11.6. The Bertz CT molecular complexity index is 913. The molecule has 34 heavy (non-hydrogen) atoms. The summed E-state index contributed by atoms with van der Waals surface area (Å²) in [5, 5.41) is 25.5. The van der Waals surface area contributed by atoms with Gasteiger partial charge in [0, 0.05) is 23.8 Å². The summed E-state index contributed by atoms with van der Waals surface area (Å²) in [5.41, 5.74) is 5.66. The highest BCUT2D eigenvalue weighted by Crippen LogP contribution is 2.47. The summed E-state index contributed by atoms with van der Waals surface area (Å²) < 4.78 is 6.11. The van der Waals surface area contributed by atoms with E-state index >= 15 is 0 Å². The lowest BCUT2D eigenvalue weighted by atomic mass is 9.61. The summed E-state index contributed by atoms with van der Waals surface area (Å²) in [6, 6.07) is 2.29. The third-order valence-corrected chi connectivity index (χ3v) is 7.62. The van der Waals surface area contributed by atoms with Gasteiger partial charge >= 0.3 is 0 Å². The van der Waals surface area contributed by atoms with E-state index in [2.05, 4.69) is 39.5 Å². The maximum Gasteiger partial charge on any atom is 0.228 e. The van der Waals surface area contributed by atoms with Crippen molar-refractivity contribution in [3.05, 3.63) is 17.8 Å². The van der Waals surface area contributed by atoms with Gasteiger partial charge in [-0.05, 0) is 89.8 Å². The molecule has 6 atom stereocenters. The highest BCUT2D eigenvalue weighted by atomic mass is 16.5. The fraction of sp³-hybridized carbons (Fsp3) is 0.720. The van der Waals surface area contributed by atoms with Crippen molar-refractivity contribution >= 4 is 17.6 Å². The van der Waals surface area contributed by atoms with Crippen molar-refractivity contribution in [2.45, 2.75) is 77.0 Å². The molecule has 9 heteroatoms. The molecule has 6 unspecified atom stereocenters. The van der Waals surface area contributed by atoms with E-state index in [9.17, 15) is 5.11 Å². The van der Waals surface area contributed by atoms with Gasteiger partial charge in [-0.25, -0.2) is 0 Å². The molecule has 6 N–H and O–H groups in total. The Morgan fingerprint density at radius 2 is 2.18 bits per heavy atom. The molecule has 0 spiro atoms. The van der Waals surface area contributed by atoms with Crippen LogP contribution in [0, 0.1) is 23.2 Å². The lowest BCUT2D eigenvalue weighted by Gasteiger charge is -2.49. The Morgan fingerprint density at radius 3 is 2.88 bits per heavy atom. The van der Waals surface area contributed by atoms with Crippen molar-refractivity contribution < 1.29 is 9.84 Å². The number of amidine groups is 1. The van der Waals surface area contributed by atoms with Crippen LogP contribution in [0.15, 0.2) is 17.8 Å². The van der Waals surface area contributed by atoms with Crippen LogP contribution >= 0.6 is 0 Å². The Morgan fingerprint density at radius 1 is 1.38 bits per heavy atom. The van der Waals surface area contributed by atoms with Crippen LogP contribution in [0.3, 0.4) is 0 Å². The predicted octanol–water partition coefficient (Wildman–Crippen LogP) is 3.19. The van der Waals surface area contributed by atoms with Gasteiger partial charge < -0.3 is 31.1 Å². The predicted molar refractivity (Wildman–Crippen MR) is 135 cm³/mol. The summed E-state index contributed by atoms with van der Waals surface area (Å²) in [6.45, 7) is 7.64. The van der Waals surface area contributed by atoms with Crippen LogP contribution in [0.5, 0.6) is 5.88 Å². The average Bonchev–Trinajstić information content (AvgIpc) is 3.12. The molecule has 4 rings (SSSR count). The quantitative estimate of drug-likeness (QED) is 0.303. The monoisotopic (exact) mass is 471 g/mol. The van der Waals surface area contributed by atoms with E-state index in [-0.39, 0.29) is 11.9 Å². The third-order valence-electron chi connectivity index (χ3n) is 7.62. The molecular weight excluding hydrogens is 430 g/mol. The Hall–Kier alpha value is -2.39. The van der Waals surface area contributed by atoms with E-state index in [1.807, 2.05) is 6.92 Å². The highest BCUT2D eigenvalue weighted by Gasteiger charge is 2.45. The van der Waals surface area contributed by atoms with Crippen molar-refractivity contribution in [3.63, 3.8) is 0 Å². The zero-order valence-electron chi connectivity index (χ0n) is 21.0. The Kier molecular flexibility index (Phi) is 7.33. The summed E-state index contributed by atoms with van der Waals surface area (Å²) >= 11 is 0. The lowest BCUT2D eigenvalue weighted by molar-refractivity contribution is -0.0502. The molecule has 0 amide bonds. The molecule has 2 saturated carbocycles. The van der Waals surface area contributed by atoms with E-state index in [1.54, 1.807) is 19.1 Å². The average molecular weight is 472 g/mol. The number of nitrogens with one attached hydrogen (secondary N) is 3. The van der Waals surface area contributed by atoms with Gasteiger partial charge in [-0.3, -0.25) is 5.41 Å². The first-order valence-electron chi connectivity index (χ1n) is 12.6. The molecule has 3 aliphatic rings. The number of hydrogen-bond acceptors (Lipinski definition) is 8. The fourth-order valence-corrected chi connectivity index (χ4v) is 6.26. The van der Waals surface area contributed by atoms with E-state index in [0.717, 1.165) is 38.6 Å². The van der Waals surface area contributed by atoms with Crippen LogP contribution in [-0.2, 0) is 0 Å². The van der Waals surface area contributed by atoms with Gasteiger partial charge in [0.15, 0.2) is 0 Å². The summed E-state index contributed by atoms with van der Waals surface area (Å²) in [6.07, 6.45) is 7.74. The number of anilines is 2. The maximum absolute atomic E-state index is 10.8. The molecule has 2 bridgehead atoms.